The second-order valence-electron chi connectivity index (χ2n) is 8.56. The monoisotopic (exact) mass is 480 g/mol. The number of piperidine rings is 1. The van der Waals surface area contributed by atoms with Gasteiger partial charge in [0.2, 0.25) is 11.8 Å². The fourth-order valence-electron chi connectivity index (χ4n) is 3.01. The normalized spacial score (nSPS) is 13.4. The van der Waals surface area contributed by atoms with Crippen molar-refractivity contribution in [1.29, 1.82) is 0 Å². The van der Waals surface area contributed by atoms with E-state index in [1.807, 2.05) is 20.8 Å². The number of nitro groups is 1. The molecule has 1 amide bonds. The number of rotatable bonds is 5. The molecule has 1 fully saturated rings. The molecule has 1 aromatic carbocycles. The Morgan fingerprint density at radius 1 is 1.21 bits per heavy atom. The highest BCUT2D eigenvalue weighted by molar-refractivity contribution is 5.68. The number of hydrogen-bond acceptors (Lipinski definition) is 8. The molecule has 0 spiro atoms. The van der Waals surface area contributed by atoms with Gasteiger partial charge in [-0.3, -0.25) is 10.1 Å². The SMILES string of the molecule is CC(C)(C)OC(=O)N1CCCCC1.CNc1nc(NCc2ccc(F)c(F)c2)ncc1[N+](=O)[O-]. The molecule has 34 heavy (non-hydrogen) atoms. The number of amides is 1. The zero-order valence-electron chi connectivity index (χ0n) is 19.7. The van der Waals surface area contributed by atoms with Crippen molar-refractivity contribution in [3.05, 3.63) is 51.7 Å². The van der Waals surface area contributed by atoms with Gasteiger partial charge in [0.25, 0.3) is 0 Å². The van der Waals surface area contributed by atoms with Gasteiger partial charge in [0.05, 0.1) is 4.92 Å². The summed E-state index contributed by atoms with van der Waals surface area (Å²) in [6.45, 7) is 7.56. The molecular formula is C22H30F2N6O4. The van der Waals surface area contributed by atoms with Crippen LogP contribution >= 0.6 is 0 Å². The number of aromatic nitrogens is 2. The highest BCUT2D eigenvalue weighted by Crippen LogP contribution is 2.21. The van der Waals surface area contributed by atoms with Crippen molar-refractivity contribution in [3.8, 4) is 0 Å². The minimum absolute atomic E-state index is 0.0581. The van der Waals surface area contributed by atoms with E-state index in [2.05, 4.69) is 20.6 Å². The predicted molar refractivity (Wildman–Crippen MR) is 124 cm³/mol. The zero-order chi connectivity index (χ0) is 25.3. The molecule has 10 nitrogen and oxygen atoms in total. The van der Waals surface area contributed by atoms with E-state index in [4.69, 9.17) is 4.74 Å². The Labute approximate surface area is 196 Å². The standard InChI is InChI=1S/C12H11F2N5O2.C10H19NO2/c1-15-11-10(19(20)21)6-17-12(18-11)16-5-7-2-3-8(13)9(14)4-7;1-10(2,3)13-9(12)11-7-5-4-6-8-11/h2-4,6H,5H2,1H3,(H2,15,16,17,18);4-8H2,1-3H3. The van der Waals surface area contributed by atoms with Gasteiger partial charge in [0.15, 0.2) is 11.6 Å². The maximum absolute atomic E-state index is 13.0. The summed E-state index contributed by atoms with van der Waals surface area (Å²) < 4.78 is 31.1. The van der Waals surface area contributed by atoms with Gasteiger partial charge in [0, 0.05) is 26.7 Å². The first-order valence-electron chi connectivity index (χ1n) is 10.8. The van der Waals surface area contributed by atoms with Gasteiger partial charge in [-0.1, -0.05) is 6.07 Å². The highest BCUT2D eigenvalue weighted by Gasteiger charge is 2.23. The number of anilines is 2. The van der Waals surface area contributed by atoms with E-state index in [1.54, 1.807) is 4.90 Å². The Morgan fingerprint density at radius 3 is 2.44 bits per heavy atom. The molecule has 0 bridgehead atoms. The average molecular weight is 481 g/mol. The summed E-state index contributed by atoms with van der Waals surface area (Å²) in [5, 5.41) is 16.1. The summed E-state index contributed by atoms with van der Waals surface area (Å²) in [6.07, 6.45) is 4.36. The zero-order valence-corrected chi connectivity index (χ0v) is 19.7. The summed E-state index contributed by atoms with van der Waals surface area (Å²) in [5.74, 6) is -1.69. The molecule has 0 saturated carbocycles. The molecule has 1 saturated heterocycles. The van der Waals surface area contributed by atoms with Crippen LogP contribution in [-0.2, 0) is 11.3 Å². The van der Waals surface area contributed by atoms with E-state index in [9.17, 15) is 23.7 Å². The summed E-state index contributed by atoms with van der Waals surface area (Å²) in [7, 11) is 1.49. The molecule has 2 N–H and O–H groups in total. The summed E-state index contributed by atoms with van der Waals surface area (Å²) in [6, 6.07) is 3.48. The third kappa shape index (κ3) is 8.41. The second kappa shape index (κ2) is 12.1. The first-order chi connectivity index (χ1) is 16.0. The Balaban J connectivity index is 0.000000270. The fourth-order valence-corrected chi connectivity index (χ4v) is 3.01. The van der Waals surface area contributed by atoms with Gasteiger partial charge in [-0.15, -0.1) is 0 Å². The number of halogens is 2. The molecule has 1 aromatic heterocycles. The predicted octanol–water partition coefficient (Wildman–Crippen LogP) is 4.72. The van der Waals surface area contributed by atoms with Gasteiger partial charge in [-0.05, 0) is 57.7 Å². The number of hydrogen-bond donors (Lipinski definition) is 2. The minimum Gasteiger partial charge on any atom is -0.444 e. The molecular weight excluding hydrogens is 450 g/mol. The minimum atomic E-state index is -0.949. The van der Waals surface area contributed by atoms with Crippen LogP contribution in [0, 0.1) is 21.7 Å². The second-order valence-corrected chi connectivity index (χ2v) is 8.56. The lowest BCUT2D eigenvalue weighted by atomic mass is 10.1. The van der Waals surface area contributed by atoms with E-state index in [-0.39, 0.29) is 35.7 Å². The molecule has 0 radical (unpaired) electrons. The highest BCUT2D eigenvalue weighted by atomic mass is 19.2. The molecule has 1 aliphatic heterocycles. The molecule has 186 valence electrons. The third-order valence-electron chi connectivity index (χ3n) is 4.65. The third-order valence-corrected chi connectivity index (χ3v) is 4.65. The largest absolute Gasteiger partial charge is 0.444 e. The van der Waals surface area contributed by atoms with E-state index in [1.165, 1.54) is 19.5 Å². The van der Waals surface area contributed by atoms with Gasteiger partial charge in [0.1, 0.15) is 11.8 Å². The Kier molecular flexibility index (Phi) is 9.46. The number of nitrogens with one attached hydrogen (secondary N) is 2. The number of carbonyl (C=O) groups is 1. The van der Waals surface area contributed by atoms with Crippen LogP contribution in [-0.4, -0.2) is 51.6 Å². The number of carbonyl (C=O) groups excluding carboxylic acids is 1. The van der Waals surface area contributed by atoms with Gasteiger partial charge in [-0.2, -0.15) is 4.98 Å². The lowest BCUT2D eigenvalue weighted by molar-refractivity contribution is -0.384. The van der Waals surface area contributed by atoms with Gasteiger partial charge >= 0.3 is 11.8 Å². The summed E-state index contributed by atoms with van der Waals surface area (Å²) in [5.41, 5.74) is -0.133. The Morgan fingerprint density at radius 2 is 1.88 bits per heavy atom. The van der Waals surface area contributed by atoms with Crippen LogP contribution in [0.2, 0.25) is 0 Å². The fraction of sp³-hybridized carbons (Fsp3) is 0.500. The topological polar surface area (TPSA) is 123 Å². The van der Waals surface area contributed by atoms with Crippen molar-refractivity contribution in [2.45, 2.75) is 52.2 Å². The lowest BCUT2D eigenvalue weighted by Gasteiger charge is -2.29. The van der Waals surface area contributed by atoms with E-state index >= 15 is 0 Å². The molecule has 1 aliphatic rings. The average Bonchev–Trinajstić information content (AvgIpc) is 2.79. The molecule has 2 heterocycles. The van der Waals surface area contributed by atoms with Crippen LogP contribution in [0.3, 0.4) is 0 Å². The maximum Gasteiger partial charge on any atom is 0.410 e. The Bertz CT molecular complexity index is 994. The number of benzene rings is 1. The van der Waals surface area contributed by atoms with Crippen molar-refractivity contribution < 1.29 is 23.2 Å². The summed E-state index contributed by atoms with van der Waals surface area (Å²) in [4.78, 5) is 31.2. The van der Waals surface area contributed by atoms with Crippen LogP contribution in [0.25, 0.3) is 0 Å². The van der Waals surface area contributed by atoms with Gasteiger partial charge in [-0.25, -0.2) is 18.6 Å². The van der Waals surface area contributed by atoms with Crippen molar-refractivity contribution in [2.24, 2.45) is 0 Å². The molecule has 3 rings (SSSR count). The van der Waals surface area contributed by atoms with Crippen LogP contribution in [0.4, 0.5) is 31.0 Å². The van der Waals surface area contributed by atoms with Crippen molar-refractivity contribution in [1.82, 2.24) is 14.9 Å². The van der Waals surface area contributed by atoms with E-state index < -0.39 is 16.6 Å². The van der Waals surface area contributed by atoms with Crippen molar-refractivity contribution >= 4 is 23.5 Å². The molecule has 2 aromatic rings. The first-order valence-corrected chi connectivity index (χ1v) is 10.8. The lowest BCUT2D eigenvalue weighted by Crippen LogP contribution is -2.39. The quantitative estimate of drug-likeness (QED) is 0.465. The first kappa shape index (κ1) is 26.7. The van der Waals surface area contributed by atoms with Crippen LogP contribution in [0.5, 0.6) is 0 Å². The van der Waals surface area contributed by atoms with Gasteiger partial charge < -0.3 is 20.3 Å². The molecule has 0 atom stereocenters. The molecule has 0 aliphatic carbocycles. The molecule has 0 unspecified atom stereocenters. The Hall–Kier alpha value is -3.57. The van der Waals surface area contributed by atoms with Crippen LogP contribution < -0.4 is 10.6 Å². The maximum atomic E-state index is 13.0. The van der Waals surface area contributed by atoms with E-state index in [0.717, 1.165) is 44.3 Å². The van der Waals surface area contributed by atoms with Crippen LogP contribution in [0.15, 0.2) is 24.4 Å². The number of likely N-dealkylation sites (tertiary alicyclic amines) is 1. The molecule has 12 heteroatoms. The van der Waals surface area contributed by atoms with Crippen molar-refractivity contribution in [3.63, 3.8) is 0 Å². The summed E-state index contributed by atoms with van der Waals surface area (Å²) >= 11 is 0. The van der Waals surface area contributed by atoms with Crippen LogP contribution in [0.1, 0.15) is 45.6 Å². The van der Waals surface area contributed by atoms with E-state index in [0.29, 0.717) is 5.56 Å². The smallest absolute Gasteiger partial charge is 0.410 e. The number of ether oxygens (including phenoxy) is 1. The number of nitrogens with zero attached hydrogens (tertiary/aromatic N) is 4. The van der Waals surface area contributed by atoms with Crippen molar-refractivity contribution in [2.75, 3.05) is 30.8 Å².